The number of methoxy groups -OCH3 is 1. The van der Waals surface area contributed by atoms with Crippen molar-refractivity contribution in [3.05, 3.63) is 41.2 Å². The lowest BCUT2D eigenvalue weighted by Crippen LogP contribution is -2.30. The number of carboxylic acids is 1. The van der Waals surface area contributed by atoms with Gasteiger partial charge in [0, 0.05) is 37.9 Å². The third-order valence-corrected chi connectivity index (χ3v) is 2.63. The molecule has 0 unspecified atom stereocenters. The third-order valence-electron chi connectivity index (χ3n) is 2.63. The molecule has 0 spiro atoms. The zero-order valence-corrected chi connectivity index (χ0v) is 11.3. The number of carboxylic acid groups (broad SMARTS) is 1. The largest absolute Gasteiger partial charge is 0.478 e. The van der Waals surface area contributed by atoms with Crippen molar-refractivity contribution in [2.45, 2.75) is 0 Å². The Balaban J connectivity index is 2.86. The minimum Gasteiger partial charge on any atom is -0.478 e. The van der Waals surface area contributed by atoms with Crippen LogP contribution in [0.3, 0.4) is 0 Å². The van der Waals surface area contributed by atoms with Crippen LogP contribution in [0.1, 0.15) is 15.9 Å². The van der Waals surface area contributed by atoms with Crippen LogP contribution in [0.4, 0.5) is 4.39 Å². The molecular weight excluding hydrogens is 265 g/mol. The molecule has 1 aromatic carbocycles. The minimum absolute atomic E-state index is 0.114. The van der Waals surface area contributed by atoms with Gasteiger partial charge in [-0.05, 0) is 18.2 Å². The zero-order chi connectivity index (χ0) is 15.1. The molecule has 0 saturated heterocycles. The van der Waals surface area contributed by atoms with Crippen LogP contribution >= 0.6 is 0 Å². The van der Waals surface area contributed by atoms with Crippen LogP contribution < -0.4 is 0 Å². The molecule has 1 N–H and O–H groups in total. The molecule has 108 valence electrons. The normalized spacial score (nSPS) is 10.8. The van der Waals surface area contributed by atoms with E-state index in [9.17, 15) is 14.0 Å². The van der Waals surface area contributed by atoms with Crippen molar-refractivity contribution in [3.8, 4) is 0 Å². The standard InChI is InChI=1S/C14H16FNO4/c1-16(7-8-20-2)14(19)11-4-3-10(12(15)9-11)5-6-13(17)18/h3-6,9H,7-8H2,1-2H3,(H,17,18). The molecule has 1 amide bonds. The van der Waals surface area contributed by atoms with E-state index in [0.29, 0.717) is 13.2 Å². The minimum atomic E-state index is -1.16. The van der Waals surface area contributed by atoms with E-state index in [0.717, 1.165) is 18.2 Å². The first-order valence-corrected chi connectivity index (χ1v) is 5.90. The maximum Gasteiger partial charge on any atom is 0.328 e. The maximum atomic E-state index is 13.7. The number of amides is 1. The Morgan fingerprint density at radius 2 is 2.15 bits per heavy atom. The summed E-state index contributed by atoms with van der Waals surface area (Å²) in [5.41, 5.74) is 0.317. The smallest absolute Gasteiger partial charge is 0.328 e. The van der Waals surface area contributed by atoms with Crippen molar-refractivity contribution < 1.29 is 23.8 Å². The number of halogens is 1. The molecule has 0 aliphatic rings. The number of ether oxygens (including phenoxy) is 1. The summed E-state index contributed by atoms with van der Waals surface area (Å²) in [7, 11) is 3.12. The van der Waals surface area contributed by atoms with Gasteiger partial charge in [0.25, 0.3) is 5.91 Å². The van der Waals surface area contributed by atoms with E-state index in [1.165, 1.54) is 24.1 Å². The molecular formula is C14H16FNO4. The van der Waals surface area contributed by atoms with Crippen molar-refractivity contribution >= 4 is 18.0 Å². The van der Waals surface area contributed by atoms with Crippen LogP contribution in [0, 0.1) is 5.82 Å². The average molecular weight is 281 g/mol. The van der Waals surface area contributed by atoms with E-state index in [2.05, 4.69) is 0 Å². The number of nitrogens with zero attached hydrogens (tertiary/aromatic N) is 1. The molecule has 0 radical (unpaired) electrons. The van der Waals surface area contributed by atoms with Crippen LogP contribution in [0.2, 0.25) is 0 Å². The lowest BCUT2D eigenvalue weighted by molar-refractivity contribution is -0.131. The van der Waals surface area contributed by atoms with Gasteiger partial charge in [-0.2, -0.15) is 0 Å². The molecule has 5 nitrogen and oxygen atoms in total. The summed E-state index contributed by atoms with van der Waals surface area (Å²) in [4.78, 5) is 23.8. The Hall–Kier alpha value is -2.21. The highest BCUT2D eigenvalue weighted by Gasteiger charge is 2.13. The Labute approximate surface area is 116 Å². The molecule has 20 heavy (non-hydrogen) atoms. The zero-order valence-electron chi connectivity index (χ0n) is 11.3. The SMILES string of the molecule is COCCN(C)C(=O)c1ccc(C=CC(=O)O)c(F)c1. The van der Waals surface area contributed by atoms with Crippen molar-refractivity contribution in [3.63, 3.8) is 0 Å². The first-order chi connectivity index (χ1) is 9.45. The number of hydrogen-bond acceptors (Lipinski definition) is 3. The number of carbonyl (C=O) groups excluding carboxylic acids is 1. The number of hydrogen-bond donors (Lipinski definition) is 1. The highest BCUT2D eigenvalue weighted by Crippen LogP contribution is 2.13. The number of rotatable bonds is 6. The summed E-state index contributed by atoms with van der Waals surface area (Å²) in [5.74, 6) is -2.13. The van der Waals surface area contributed by atoms with Gasteiger partial charge in [0.2, 0.25) is 0 Å². The average Bonchev–Trinajstić information content (AvgIpc) is 2.42. The van der Waals surface area contributed by atoms with Gasteiger partial charge in [-0.1, -0.05) is 6.07 Å². The molecule has 0 bridgehead atoms. The fourth-order valence-electron chi connectivity index (χ4n) is 1.51. The van der Waals surface area contributed by atoms with Gasteiger partial charge in [-0.25, -0.2) is 9.18 Å². The van der Waals surface area contributed by atoms with Gasteiger partial charge in [0.1, 0.15) is 5.82 Å². The lowest BCUT2D eigenvalue weighted by atomic mass is 10.1. The van der Waals surface area contributed by atoms with Crippen LogP contribution in [0.25, 0.3) is 6.08 Å². The fourth-order valence-corrected chi connectivity index (χ4v) is 1.51. The first kappa shape index (κ1) is 15.8. The first-order valence-electron chi connectivity index (χ1n) is 5.90. The van der Waals surface area contributed by atoms with E-state index in [-0.39, 0.29) is 17.0 Å². The van der Waals surface area contributed by atoms with Gasteiger partial charge >= 0.3 is 5.97 Å². The van der Waals surface area contributed by atoms with Gasteiger partial charge in [0.15, 0.2) is 0 Å². The topological polar surface area (TPSA) is 66.8 Å². The van der Waals surface area contributed by atoms with Crippen molar-refractivity contribution in [1.82, 2.24) is 4.90 Å². The molecule has 0 heterocycles. The third kappa shape index (κ3) is 4.47. The van der Waals surface area contributed by atoms with E-state index >= 15 is 0 Å². The number of benzene rings is 1. The van der Waals surface area contributed by atoms with Crippen LogP contribution in [-0.2, 0) is 9.53 Å². The molecule has 0 atom stereocenters. The number of aliphatic carboxylic acids is 1. The summed E-state index contributed by atoms with van der Waals surface area (Å²) in [6.45, 7) is 0.793. The molecule has 0 aliphatic heterocycles. The van der Waals surface area contributed by atoms with E-state index in [4.69, 9.17) is 9.84 Å². The molecule has 6 heteroatoms. The molecule has 0 fully saturated rings. The van der Waals surface area contributed by atoms with Crippen molar-refractivity contribution in [2.75, 3.05) is 27.3 Å². The summed E-state index contributed by atoms with van der Waals surface area (Å²) in [5, 5.41) is 8.48. The van der Waals surface area contributed by atoms with Crippen LogP contribution in [0.5, 0.6) is 0 Å². The Kier molecular flexibility index (Phi) is 5.86. The van der Waals surface area contributed by atoms with Crippen LogP contribution in [0.15, 0.2) is 24.3 Å². The van der Waals surface area contributed by atoms with Gasteiger partial charge in [-0.15, -0.1) is 0 Å². The van der Waals surface area contributed by atoms with E-state index < -0.39 is 11.8 Å². The number of likely N-dealkylation sites (N-methyl/N-ethyl adjacent to an activating group) is 1. The predicted molar refractivity (Wildman–Crippen MR) is 71.9 cm³/mol. The van der Waals surface area contributed by atoms with Crippen molar-refractivity contribution in [2.24, 2.45) is 0 Å². The summed E-state index contributed by atoms with van der Waals surface area (Å²) in [6, 6.07) is 3.91. The second-order valence-electron chi connectivity index (χ2n) is 4.13. The summed E-state index contributed by atoms with van der Waals surface area (Å²) < 4.78 is 18.6. The molecule has 0 aliphatic carbocycles. The highest BCUT2D eigenvalue weighted by molar-refractivity contribution is 5.94. The fraction of sp³-hybridized carbons (Fsp3) is 0.286. The van der Waals surface area contributed by atoms with E-state index in [1.807, 2.05) is 0 Å². The molecule has 1 aromatic rings. The maximum absolute atomic E-state index is 13.7. The van der Waals surface area contributed by atoms with Crippen LogP contribution in [-0.4, -0.2) is 49.2 Å². The predicted octanol–water partition coefficient (Wildman–Crippen LogP) is 1.64. The second kappa shape index (κ2) is 7.40. The summed E-state index contributed by atoms with van der Waals surface area (Å²) >= 11 is 0. The Morgan fingerprint density at radius 1 is 1.45 bits per heavy atom. The van der Waals surface area contributed by atoms with E-state index in [1.54, 1.807) is 7.05 Å². The lowest BCUT2D eigenvalue weighted by Gasteiger charge is -2.16. The quantitative estimate of drug-likeness (QED) is 0.805. The summed E-state index contributed by atoms with van der Waals surface area (Å²) in [6.07, 6.45) is 1.98. The Bertz CT molecular complexity index is 528. The Morgan fingerprint density at radius 3 is 2.70 bits per heavy atom. The molecule has 0 aromatic heterocycles. The van der Waals surface area contributed by atoms with Gasteiger partial charge < -0.3 is 14.7 Å². The number of carbonyl (C=O) groups is 2. The second-order valence-corrected chi connectivity index (χ2v) is 4.13. The van der Waals surface area contributed by atoms with Gasteiger partial charge in [0.05, 0.1) is 6.61 Å². The van der Waals surface area contributed by atoms with Crippen molar-refractivity contribution in [1.29, 1.82) is 0 Å². The molecule has 0 saturated carbocycles. The highest BCUT2D eigenvalue weighted by atomic mass is 19.1. The molecule has 1 rings (SSSR count). The van der Waals surface area contributed by atoms with Gasteiger partial charge in [-0.3, -0.25) is 4.79 Å². The monoisotopic (exact) mass is 281 g/mol.